The van der Waals surface area contributed by atoms with Crippen LogP contribution in [0.2, 0.25) is 0 Å². The molecule has 84 valence electrons. The van der Waals surface area contributed by atoms with Crippen LogP contribution in [0.3, 0.4) is 0 Å². The maximum Gasteiger partial charge on any atom is 0.270 e. The Bertz CT molecular complexity index is 682. The van der Waals surface area contributed by atoms with Crippen LogP contribution >= 0.6 is 0 Å². The molecule has 0 aliphatic heterocycles. The zero-order valence-corrected chi connectivity index (χ0v) is 8.62. The summed E-state index contributed by atoms with van der Waals surface area (Å²) in [7, 11) is 0. The number of non-ortho nitro benzene ring substituents is 1. The van der Waals surface area contributed by atoms with Gasteiger partial charge in [-0.05, 0) is 24.3 Å². The fraction of sp³-hybridized carbons (Fsp3) is 0. The molecule has 0 aliphatic rings. The molecule has 1 aromatic carbocycles. The molecule has 0 spiro atoms. The summed E-state index contributed by atoms with van der Waals surface area (Å²) in [5, 5.41) is 11.3. The van der Waals surface area contributed by atoms with E-state index in [4.69, 9.17) is 8.83 Å². The maximum absolute atomic E-state index is 10.6. The lowest BCUT2D eigenvalue weighted by atomic mass is 10.2. The minimum absolute atomic E-state index is 0.0456. The summed E-state index contributed by atoms with van der Waals surface area (Å²) < 4.78 is 10.7. The molecule has 0 radical (unpaired) electrons. The van der Waals surface area contributed by atoms with Gasteiger partial charge in [-0.1, -0.05) is 0 Å². The van der Waals surface area contributed by atoms with Gasteiger partial charge >= 0.3 is 0 Å². The summed E-state index contributed by atoms with van der Waals surface area (Å²) in [5.74, 6) is 1.16. The molecule has 0 aliphatic carbocycles. The second kappa shape index (κ2) is 3.48. The molecular formula is C12H7NO4. The van der Waals surface area contributed by atoms with Crippen molar-refractivity contribution in [1.82, 2.24) is 0 Å². The van der Waals surface area contributed by atoms with Crippen molar-refractivity contribution in [3.8, 4) is 11.5 Å². The molecule has 2 heterocycles. The van der Waals surface area contributed by atoms with Crippen LogP contribution in [0.15, 0.2) is 51.5 Å². The molecule has 0 fully saturated rings. The van der Waals surface area contributed by atoms with Crippen LogP contribution in [0, 0.1) is 10.1 Å². The lowest BCUT2D eigenvalue weighted by molar-refractivity contribution is -0.384. The van der Waals surface area contributed by atoms with Gasteiger partial charge in [-0.3, -0.25) is 10.1 Å². The summed E-state index contributed by atoms with van der Waals surface area (Å²) in [4.78, 5) is 10.2. The first-order valence-corrected chi connectivity index (χ1v) is 4.96. The molecule has 0 amide bonds. The van der Waals surface area contributed by atoms with E-state index in [9.17, 15) is 10.1 Å². The number of hydrogen-bond acceptors (Lipinski definition) is 4. The van der Waals surface area contributed by atoms with Gasteiger partial charge < -0.3 is 8.83 Å². The first-order chi connectivity index (χ1) is 8.24. The average molecular weight is 229 g/mol. The van der Waals surface area contributed by atoms with Crippen LogP contribution in [0.5, 0.6) is 0 Å². The first-order valence-electron chi connectivity index (χ1n) is 4.96. The summed E-state index contributed by atoms with van der Waals surface area (Å²) in [5.41, 5.74) is 0.645. The molecule has 2 aromatic heterocycles. The van der Waals surface area contributed by atoms with Crippen molar-refractivity contribution in [3.63, 3.8) is 0 Å². The third-order valence-electron chi connectivity index (χ3n) is 2.47. The number of benzene rings is 1. The molecule has 0 saturated carbocycles. The number of nitrogens with zero attached hydrogens (tertiary/aromatic N) is 1. The van der Waals surface area contributed by atoms with Crippen molar-refractivity contribution in [2.24, 2.45) is 0 Å². The Morgan fingerprint density at radius 2 is 2.00 bits per heavy atom. The van der Waals surface area contributed by atoms with E-state index in [1.165, 1.54) is 12.1 Å². The van der Waals surface area contributed by atoms with Gasteiger partial charge in [0.2, 0.25) is 0 Å². The normalized spacial score (nSPS) is 10.8. The average Bonchev–Trinajstić information content (AvgIpc) is 2.96. The van der Waals surface area contributed by atoms with Crippen molar-refractivity contribution < 1.29 is 13.8 Å². The Balaban J connectivity index is 2.16. The van der Waals surface area contributed by atoms with Crippen molar-refractivity contribution in [3.05, 3.63) is 52.8 Å². The van der Waals surface area contributed by atoms with E-state index in [0.717, 1.165) is 0 Å². The Labute approximate surface area is 95.4 Å². The molecular weight excluding hydrogens is 222 g/mol. The number of hydrogen-bond donors (Lipinski definition) is 0. The Morgan fingerprint density at radius 1 is 1.12 bits per heavy atom. The number of furan rings is 2. The van der Waals surface area contributed by atoms with Crippen molar-refractivity contribution in [2.75, 3.05) is 0 Å². The lowest BCUT2D eigenvalue weighted by Crippen LogP contribution is -1.85. The lowest BCUT2D eigenvalue weighted by Gasteiger charge is -1.89. The van der Waals surface area contributed by atoms with Gasteiger partial charge in [0, 0.05) is 17.5 Å². The standard InChI is InChI=1S/C12H7NO4/c14-13(15)9-3-4-10-8(6-9)7-12(17-10)11-2-1-5-16-11/h1-7H. The minimum atomic E-state index is -0.432. The SMILES string of the molecule is O=[N+]([O-])c1ccc2oc(-c3ccco3)cc2c1. The predicted octanol–water partition coefficient (Wildman–Crippen LogP) is 3.60. The highest BCUT2D eigenvalue weighted by Gasteiger charge is 2.12. The molecule has 0 unspecified atom stereocenters. The fourth-order valence-corrected chi connectivity index (χ4v) is 1.68. The van der Waals surface area contributed by atoms with Gasteiger partial charge in [0.05, 0.1) is 11.2 Å². The van der Waals surface area contributed by atoms with E-state index in [0.29, 0.717) is 22.5 Å². The molecule has 3 aromatic rings. The second-order valence-electron chi connectivity index (χ2n) is 3.57. The quantitative estimate of drug-likeness (QED) is 0.497. The molecule has 5 nitrogen and oxygen atoms in total. The van der Waals surface area contributed by atoms with Gasteiger partial charge in [-0.2, -0.15) is 0 Å². The smallest absolute Gasteiger partial charge is 0.270 e. The van der Waals surface area contributed by atoms with E-state index < -0.39 is 4.92 Å². The Hall–Kier alpha value is -2.56. The topological polar surface area (TPSA) is 69.4 Å². The van der Waals surface area contributed by atoms with E-state index in [1.807, 2.05) is 0 Å². The van der Waals surface area contributed by atoms with Crippen LogP contribution in [-0.2, 0) is 0 Å². The summed E-state index contributed by atoms with van der Waals surface area (Å²) in [6, 6.07) is 9.72. The molecule has 0 bridgehead atoms. The van der Waals surface area contributed by atoms with E-state index in [1.54, 1.807) is 30.5 Å². The molecule has 0 atom stereocenters. The van der Waals surface area contributed by atoms with E-state index >= 15 is 0 Å². The summed E-state index contributed by atoms with van der Waals surface area (Å²) >= 11 is 0. The van der Waals surface area contributed by atoms with Crippen LogP contribution < -0.4 is 0 Å². The van der Waals surface area contributed by atoms with Crippen LogP contribution in [-0.4, -0.2) is 4.92 Å². The number of nitro benzene ring substituents is 1. The molecule has 0 N–H and O–H groups in total. The van der Waals surface area contributed by atoms with Crippen LogP contribution in [0.1, 0.15) is 0 Å². The van der Waals surface area contributed by atoms with Crippen LogP contribution in [0.25, 0.3) is 22.5 Å². The second-order valence-corrected chi connectivity index (χ2v) is 3.57. The highest BCUT2D eigenvalue weighted by atomic mass is 16.6. The molecule has 17 heavy (non-hydrogen) atoms. The van der Waals surface area contributed by atoms with Gasteiger partial charge in [0.25, 0.3) is 5.69 Å². The Kier molecular flexibility index (Phi) is 1.98. The molecule has 0 saturated heterocycles. The maximum atomic E-state index is 10.6. The van der Waals surface area contributed by atoms with E-state index in [2.05, 4.69) is 0 Å². The van der Waals surface area contributed by atoms with Crippen molar-refractivity contribution in [1.29, 1.82) is 0 Å². The predicted molar refractivity (Wildman–Crippen MR) is 60.6 cm³/mol. The molecule has 5 heteroatoms. The number of nitro groups is 1. The monoisotopic (exact) mass is 229 g/mol. The highest BCUT2D eigenvalue weighted by Crippen LogP contribution is 2.30. The number of rotatable bonds is 2. The van der Waals surface area contributed by atoms with Gasteiger partial charge in [-0.25, -0.2) is 0 Å². The third-order valence-corrected chi connectivity index (χ3v) is 2.47. The van der Waals surface area contributed by atoms with Crippen LogP contribution in [0.4, 0.5) is 5.69 Å². The third kappa shape index (κ3) is 1.57. The number of fused-ring (bicyclic) bond motifs is 1. The largest absolute Gasteiger partial charge is 0.461 e. The van der Waals surface area contributed by atoms with E-state index in [-0.39, 0.29) is 5.69 Å². The summed E-state index contributed by atoms with van der Waals surface area (Å²) in [6.07, 6.45) is 1.55. The fourth-order valence-electron chi connectivity index (χ4n) is 1.68. The highest BCUT2D eigenvalue weighted by molar-refractivity contribution is 5.84. The molecule has 3 rings (SSSR count). The first kappa shape index (κ1) is 9.65. The van der Waals surface area contributed by atoms with Gasteiger partial charge in [0.15, 0.2) is 11.5 Å². The zero-order chi connectivity index (χ0) is 11.8. The Morgan fingerprint density at radius 3 is 2.71 bits per heavy atom. The van der Waals surface area contributed by atoms with Crippen molar-refractivity contribution in [2.45, 2.75) is 0 Å². The van der Waals surface area contributed by atoms with Gasteiger partial charge in [-0.15, -0.1) is 0 Å². The summed E-state index contributed by atoms with van der Waals surface area (Å²) in [6.45, 7) is 0. The zero-order valence-electron chi connectivity index (χ0n) is 8.62. The van der Waals surface area contributed by atoms with Crippen molar-refractivity contribution >= 4 is 16.7 Å². The minimum Gasteiger partial charge on any atom is -0.461 e. The van der Waals surface area contributed by atoms with Gasteiger partial charge in [0.1, 0.15) is 5.58 Å².